The normalized spacial score (nSPS) is 15.2. The number of carbonyl (C=O) groups excluding carboxylic acids is 2. The van der Waals surface area contributed by atoms with Crippen molar-refractivity contribution < 1.29 is 19.1 Å². The lowest BCUT2D eigenvalue weighted by Crippen LogP contribution is -2.53. The van der Waals surface area contributed by atoms with Crippen molar-refractivity contribution in [3.63, 3.8) is 0 Å². The van der Waals surface area contributed by atoms with Gasteiger partial charge in [0.25, 0.3) is 5.91 Å². The summed E-state index contributed by atoms with van der Waals surface area (Å²) in [6, 6.07) is 15.0. The van der Waals surface area contributed by atoms with E-state index in [-0.39, 0.29) is 24.4 Å². The van der Waals surface area contributed by atoms with E-state index in [9.17, 15) is 9.59 Å². The molecule has 3 aromatic rings. The fourth-order valence-corrected chi connectivity index (χ4v) is 5.66. The minimum atomic E-state index is -0.541. The third kappa shape index (κ3) is 5.99. The van der Waals surface area contributed by atoms with E-state index in [4.69, 9.17) is 9.47 Å². The fraction of sp³-hybridized carbons (Fsp3) is 0.400. The third-order valence-electron chi connectivity index (χ3n) is 6.83. The van der Waals surface area contributed by atoms with Crippen LogP contribution in [-0.2, 0) is 11.2 Å². The molecule has 0 spiro atoms. The van der Waals surface area contributed by atoms with Crippen LogP contribution in [0.4, 0.5) is 0 Å². The number of hydrogen-bond acceptors (Lipinski definition) is 5. The van der Waals surface area contributed by atoms with Crippen LogP contribution in [-0.4, -0.2) is 54.0 Å². The number of fused-ring (bicyclic) bond motifs is 1. The van der Waals surface area contributed by atoms with Crippen molar-refractivity contribution in [1.82, 2.24) is 9.80 Å². The smallest absolute Gasteiger partial charge is 0.254 e. The Bertz CT molecular complexity index is 1260. The zero-order valence-corrected chi connectivity index (χ0v) is 23.4. The number of methoxy groups -OCH3 is 1. The highest BCUT2D eigenvalue weighted by Crippen LogP contribution is 2.35. The molecule has 6 nitrogen and oxygen atoms in total. The van der Waals surface area contributed by atoms with Gasteiger partial charge < -0.3 is 19.3 Å². The van der Waals surface area contributed by atoms with Crippen LogP contribution in [0, 0.1) is 13.8 Å². The maximum Gasteiger partial charge on any atom is 0.254 e. The molecule has 0 unspecified atom stereocenters. The Labute approximate surface area is 223 Å². The van der Waals surface area contributed by atoms with Crippen LogP contribution >= 0.6 is 11.3 Å². The van der Waals surface area contributed by atoms with Crippen molar-refractivity contribution in [2.75, 3.05) is 26.8 Å². The summed E-state index contributed by atoms with van der Waals surface area (Å²) in [5, 5.41) is 2.08. The summed E-state index contributed by atoms with van der Waals surface area (Å²) in [6.07, 6.45) is 0.806. The van der Waals surface area contributed by atoms with Crippen molar-refractivity contribution in [2.45, 2.75) is 52.6 Å². The van der Waals surface area contributed by atoms with Gasteiger partial charge in [-0.1, -0.05) is 17.7 Å². The molecule has 196 valence electrons. The molecule has 2 amide bonds. The summed E-state index contributed by atoms with van der Waals surface area (Å²) < 4.78 is 11.5. The lowest BCUT2D eigenvalue weighted by Gasteiger charge is -2.40. The number of benzene rings is 2. The van der Waals surface area contributed by atoms with Crippen LogP contribution in [0.2, 0.25) is 0 Å². The number of rotatable bonds is 7. The molecule has 7 heteroatoms. The molecule has 0 radical (unpaired) electrons. The molecule has 1 atom stereocenters. The molecule has 37 heavy (non-hydrogen) atoms. The van der Waals surface area contributed by atoms with Gasteiger partial charge in [-0.05, 0) is 93.9 Å². The Morgan fingerprint density at radius 1 is 1.08 bits per heavy atom. The number of amides is 2. The van der Waals surface area contributed by atoms with Crippen LogP contribution in [0.5, 0.6) is 11.5 Å². The molecule has 0 saturated carbocycles. The van der Waals surface area contributed by atoms with Crippen LogP contribution in [0.25, 0.3) is 0 Å². The van der Waals surface area contributed by atoms with Crippen molar-refractivity contribution >= 4 is 23.2 Å². The molecule has 0 N–H and O–H groups in total. The maximum atomic E-state index is 13.8. The first-order valence-corrected chi connectivity index (χ1v) is 13.5. The van der Waals surface area contributed by atoms with E-state index in [0.717, 1.165) is 23.3 Å². The number of ether oxygens (including phenoxy) is 2. The van der Waals surface area contributed by atoms with E-state index in [0.29, 0.717) is 24.5 Å². The Morgan fingerprint density at radius 2 is 1.81 bits per heavy atom. The van der Waals surface area contributed by atoms with Gasteiger partial charge >= 0.3 is 0 Å². The van der Waals surface area contributed by atoms with Gasteiger partial charge in [0.05, 0.1) is 13.2 Å². The molecule has 0 bridgehead atoms. The van der Waals surface area contributed by atoms with Crippen LogP contribution in [0.15, 0.2) is 53.9 Å². The zero-order chi connectivity index (χ0) is 26.7. The lowest BCUT2D eigenvalue weighted by molar-refractivity contribution is -0.136. The van der Waals surface area contributed by atoms with Gasteiger partial charge in [0.15, 0.2) is 0 Å². The number of thiophene rings is 1. The summed E-state index contributed by atoms with van der Waals surface area (Å²) in [4.78, 5) is 32.2. The second kappa shape index (κ2) is 11.0. The topological polar surface area (TPSA) is 59.1 Å². The Balaban J connectivity index is 1.56. The Kier molecular flexibility index (Phi) is 7.93. The van der Waals surface area contributed by atoms with Crippen molar-refractivity contribution in [1.29, 1.82) is 0 Å². The Morgan fingerprint density at radius 3 is 2.46 bits per heavy atom. The first kappa shape index (κ1) is 26.7. The molecule has 1 aromatic heterocycles. The largest absolute Gasteiger partial charge is 0.497 e. The number of nitrogens with zero attached hydrogens (tertiary/aromatic N) is 2. The summed E-state index contributed by atoms with van der Waals surface area (Å²) in [5.74, 6) is 1.25. The molecule has 0 fully saturated rings. The molecular formula is C30H36N2O4S. The van der Waals surface area contributed by atoms with Crippen molar-refractivity contribution in [3.05, 3.63) is 81.0 Å². The molecular weight excluding hydrogens is 484 g/mol. The van der Waals surface area contributed by atoms with Gasteiger partial charge in [-0.15, -0.1) is 11.3 Å². The van der Waals surface area contributed by atoms with Gasteiger partial charge in [0.1, 0.15) is 24.7 Å². The van der Waals surface area contributed by atoms with Crippen LogP contribution in [0.3, 0.4) is 0 Å². The van der Waals surface area contributed by atoms with Gasteiger partial charge in [-0.25, -0.2) is 0 Å². The number of aryl methyl sites for hydroxylation is 2. The van der Waals surface area contributed by atoms with Gasteiger partial charge in [-0.2, -0.15) is 0 Å². The van der Waals surface area contributed by atoms with E-state index >= 15 is 0 Å². The van der Waals surface area contributed by atoms with E-state index in [2.05, 4.69) is 24.4 Å². The second-order valence-electron chi connectivity index (χ2n) is 10.5. The fourth-order valence-electron chi connectivity index (χ4n) is 4.73. The molecule has 4 rings (SSSR count). The Hall–Kier alpha value is -3.32. The van der Waals surface area contributed by atoms with Gasteiger partial charge in [0.2, 0.25) is 5.91 Å². The summed E-state index contributed by atoms with van der Waals surface area (Å²) in [5.41, 5.74) is 3.38. The highest BCUT2D eigenvalue weighted by Gasteiger charge is 2.36. The average Bonchev–Trinajstić information content (AvgIpc) is 3.35. The average molecular weight is 521 g/mol. The highest BCUT2D eigenvalue weighted by atomic mass is 32.1. The standard InChI is InChI=1S/C30H36N2O4S/c1-20-7-12-26(21(2)17-20)36-19-25-24-14-16-37-27(24)13-15-31(25)28(33)18-32(30(3,4)5)29(34)22-8-10-23(35-6)11-9-22/h7-12,14,16-17,25H,13,15,18-19H2,1-6H3/t25-/m1/s1. The molecule has 2 aromatic carbocycles. The SMILES string of the molecule is COc1ccc(C(=O)N(CC(=O)N2CCc3sccc3[C@H]2COc2ccc(C)cc2C)C(C)(C)C)cc1. The molecule has 2 heterocycles. The first-order valence-electron chi connectivity index (χ1n) is 12.6. The monoisotopic (exact) mass is 520 g/mol. The van der Waals surface area contributed by atoms with Crippen LogP contribution < -0.4 is 9.47 Å². The lowest BCUT2D eigenvalue weighted by atomic mass is 9.99. The van der Waals surface area contributed by atoms with Crippen LogP contribution in [0.1, 0.15) is 58.7 Å². The molecule has 0 aliphatic carbocycles. The van der Waals surface area contributed by atoms with Gasteiger partial charge in [0, 0.05) is 22.5 Å². The third-order valence-corrected chi connectivity index (χ3v) is 7.82. The minimum absolute atomic E-state index is 0.00606. The van der Waals surface area contributed by atoms with E-state index in [1.54, 1.807) is 47.6 Å². The molecule has 1 aliphatic rings. The van der Waals surface area contributed by atoms with E-state index in [1.165, 1.54) is 10.4 Å². The summed E-state index contributed by atoms with van der Waals surface area (Å²) >= 11 is 1.72. The summed E-state index contributed by atoms with van der Waals surface area (Å²) in [7, 11) is 1.59. The molecule has 0 saturated heterocycles. The number of carbonyl (C=O) groups is 2. The second-order valence-corrected chi connectivity index (χ2v) is 11.5. The predicted molar refractivity (Wildman–Crippen MR) is 148 cm³/mol. The first-order chi connectivity index (χ1) is 17.6. The predicted octanol–water partition coefficient (Wildman–Crippen LogP) is 5.82. The number of hydrogen-bond donors (Lipinski definition) is 0. The summed E-state index contributed by atoms with van der Waals surface area (Å²) in [6.45, 7) is 10.9. The maximum absolute atomic E-state index is 13.8. The van der Waals surface area contributed by atoms with Gasteiger partial charge in [-0.3, -0.25) is 9.59 Å². The molecule has 1 aliphatic heterocycles. The van der Waals surface area contributed by atoms with E-state index in [1.807, 2.05) is 44.7 Å². The minimum Gasteiger partial charge on any atom is -0.497 e. The van der Waals surface area contributed by atoms with Crippen molar-refractivity contribution in [2.24, 2.45) is 0 Å². The van der Waals surface area contributed by atoms with E-state index < -0.39 is 5.54 Å². The zero-order valence-electron chi connectivity index (χ0n) is 22.5. The van der Waals surface area contributed by atoms with Crippen molar-refractivity contribution in [3.8, 4) is 11.5 Å². The quantitative estimate of drug-likeness (QED) is 0.394. The highest BCUT2D eigenvalue weighted by molar-refractivity contribution is 7.10.